The summed E-state index contributed by atoms with van der Waals surface area (Å²) in [7, 11) is 0. The van der Waals surface area contributed by atoms with Gasteiger partial charge in [-0.25, -0.2) is 4.98 Å². The quantitative estimate of drug-likeness (QED) is 0.860. The Labute approximate surface area is 147 Å². The zero-order chi connectivity index (χ0) is 17.0. The van der Waals surface area contributed by atoms with Crippen LogP contribution in [0.5, 0.6) is 0 Å². The van der Waals surface area contributed by atoms with Gasteiger partial charge in [0.25, 0.3) is 0 Å². The molecule has 0 aliphatic carbocycles. The third-order valence-electron chi connectivity index (χ3n) is 5.14. The molecule has 1 unspecified atom stereocenters. The molecule has 25 heavy (non-hydrogen) atoms. The minimum atomic E-state index is 0.0356. The summed E-state index contributed by atoms with van der Waals surface area (Å²) in [6.45, 7) is 3.37. The Hall–Kier alpha value is -1.83. The highest BCUT2D eigenvalue weighted by Crippen LogP contribution is 2.34. The molecule has 134 valence electrons. The second-order valence-electron chi connectivity index (χ2n) is 6.89. The zero-order valence-corrected chi connectivity index (χ0v) is 14.4. The van der Waals surface area contributed by atoms with Gasteiger partial charge in [0.15, 0.2) is 5.82 Å². The standard InChI is InChI=1S/C18H25N5O2/c1-2-14(13-19-7-1)17-21-16(22-23-17)3-8-20-15-4-9-25-18(12-15)5-10-24-11-6-18/h1-2,7,13,15,20H,3-6,8-12H2,(H,21,22,23). The third kappa shape index (κ3) is 4.05. The fraction of sp³-hybridized carbons (Fsp3) is 0.611. The minimum absolute atomic E-state index is 0.0356. The maximum atomic E-state index is 6.10. The van der Waals surface area contributed by atoms with Crippen LogP contribution < -0.4 is 5.32 Å². The van der Waals surface area contributed by atoms with Gasteiger partial charge in [0.1, 0.15) is 5.82 Å². The lowest BCUT2D eigenvalue weighted by Gasteiger charge is -2.43. The Balaban J connectivity index is 1.27. The smallest absolute Gasteiger partial charge is 0.182 e. The van der Waals surface area contributed by atoms with E-state index in [0.29, 0.717) is 11.9 Å². The van der Waals surface area contributed by atoms with Gasteiger partial charge in [-0.2, -0.15) is 5.10 Å². The van der Waals surface area contributed by atoms with E-state index in [4.69, 9.17) is 9.47 Å². The molecule has 2 saturated heterocycles. The van der Waals surface area contributed by atoms with Gasteiger partial charge in [-0.05, 0) is 37.8 Å². The predicted octanol–water partition coefficient (Wildman–Crippen LogP) is 1.73. The van der Waals surface area contributed by atoms with Gasteiger partial charge in [-0.1, -0.05) is 0 Å². The van der Waals surface area contributed by atoms with E-state index >= 15 is 0 Å². The van der Waals surface area contributed by atoms with Gasteiger partial charge in [0.05, 0.1) is 5.60 Å². The lowest BCUT2D eigenvalue weighted by molar-refractivity contribution is -0.140. The molecular weight excluding hydrogens is 318 g/mol. The van der Waals surface area contributed by atoms with Crippen molar-refractivity contribution >= 4 is 0 Å². The lowest BCUT2D eigenvalue weighted by atomic mass is 9.84. The molecule has 1 spiro atoms. The molecule has 4 rings (SSSR count). The average molecular weight is 343 g/mol. The molecule has 7 heteroatoms. The van der Waals surface area contributed by atoms with Crippen molar-refractivity contribution in [1.82, 2.24) is 25.5 Å². The number of ether oxygens (including phenoxy) is 2. The van der Waals surface area contributed by atoms with Crippen LogP contribution in [-0.2, 0) is 15.9 Å². The van der Waals surface area contributed by atoms with Crippen LogP contribution in [0.15, 0.2) is 24.5 Å². The molecule has 0 radical (unpaired) electrons. The fourth-order valence-electron chi connectivity index (χ4n) is 3.72. The van der Waals surface area contributed by atoms with E-state index in [0.717, 1.165) is 69.9 Å². The summed E-state index contributed by atoms with van der Waals surface area (Å²) in [6, 6.07) is 4.37. The lowest BCUT2D eigenvalue weighted by Crippen LogP contribution is -2.50. The number of pyridine rings is 1. The SMILES string of the molecule is c1cncc(-c2n[nH]c(CCNC3CCOC4(CCOCC4)C3)n2)c1. The van der Waals surface area contributed by atoms with Gasteiger partial charge in [0.2, 0.25) is 0 Å². The molecule has 2 aliphatic heterocycles. The molecule has 2 aromatic rings. The Morgan fingerprint density at radius 1 is 1.28 bits per heavy atom. The van der Waals surface area contributed by atoms with Crippen molar-refractivity contribution in [2.24, 2.45) is 0 Å². The highest BCUT2D eigenvalue weighted by Gasteiger charge is 2.38. The van der Waals surface area contributed by atoms with Crippen LogP contribution in [-0.4, -0.2) is 58.2 Å². The second-order valence-corrected chi connectivity index (χ2v) is 6.89. The molecule has 0 bridgehead atoms. The van der Waals surface area contributed by atoms with Gasteiger partial charge < -0.3 is 14.8 Å². The third-order valence-corrected chi connectivity index (χ3v) is 5.14. The van der Waals surface area contributed by atoms with E-state index in [2.05, 4.69) is 25.5 Å². The zero-order valence-electron chi connectivity index (χ0n) is 14.4. The maximum absolute atomic E-state index is 6.10. The highest BCUT2D eigenvalue weighted by atomic mass is 16.5. The molecule has 2 fully saturated rings. The summed E-state index contributed by atoms with van der Waals surface area (Å²) in [4.78, 5) is 8.67. The number of rotatable bonds is 5. The molecule has 4 heterocycles. The van der Waals surface area contributed by atoms with Gasteiger partial charge in [-0.3, -0.25) is 10.1 Å². The van der Waals surface area contributed by atoms with Crippen LogP contribution in [0.2, 0.25) is 0 Å². The maximum Gasteiger partial charge on any atom is 0.182 e. The summed E-state index contributed by atoms with van der Waals surface area (Å²) in [5.41, 5.74) is 0.970. The first-order valence-corrected chi connectivity index (χ1v) is 9.10. The Bertz CT molecular complexity index is 664. The van der Waals surface area contributed by atoms with Crippen molar-refractivity contribution in [3.8, 4) is 11.4 Å². The first kappa shape index (κ1) is 16.6. The Morgan fingerprint density at radius 3 is 3.04 bits per heavy atom. The molecule has 0 aromatic carbocycles. The van der Waals surface area contributed by atoms with Crippen LogP contribution in [0.1, 0.15) is 31.5 Å². The summed E-state index contributed by atoms with van der Waals surface area (Å²) in [6.07, 6.45) is 8.54. The van der Waals surface area contributed by atoms with Crippen LogP contribution in [0.4, 0.5) is 0 Å². The van der Waals surface area contributed by atoms with Crippen LogP contribution in [0.3, 0.4) is 0 Å². The van der Waals surface area contributed by atoms with Crippen molar-refractivity contribution in [2.75, 3.05) is 26.4 Å². The average Bonchev–Trinajstić information content (AvgIpc) is 3.12. The van der Waals surface area contributed by atoms with Gasteiger partial charge in [0, 0.05) is 56.8 Å². The Kier molecular flexibility index (Phi) is 5.05. The van der Waals surface area contributed by atoms with Crippen molar-refractivity contribution in [2.45, 2.75) is 43.7 Å². The predicted molar refractivity (Wildman–Crippen MR) is 93.1 cm³/mol. The molecule has 2 aromatic heterocycles. The number of nitrogens with one attached hydrogen (secondary N) is 2. The number of hydrogen-bond donors (Lipinski definition) is 2. The number of nitrogens with zero attached hydrogens (tertiary/aromatic N) is 3. The molecular formula is C18H25N5O2. The molecule has 2 N–H and O–H groups in total. The summed E-state index contributed by atoms with van der Waals surface area (Å²) in [5, 5.41) is 11.0. The topological polar surface area (TPSA) is 85.0 Å². The summed E-state index contributed by atoms with van der Waals surface area (Å²) >= 11 is 0. The van der Waals surface area contributed by atoms with Crippen molar-refractivity contribution < 1.29 is 9.47 Å². The van der Waals surface area contributed by atoms with E-state index in [1.807, 2.05) is 12.1 Å². The minimum Gasteiger partial charge on any atom is -0.381 e. The molecule has 0 saturated carbocycles. The summed E-state index contributed by atoms with van der Waals surface area (Å²) < 4.78 is 11.6. The van der Waals surface area contributed by atoms with Crippen LogP contribution in [0.25, 0.3) is 11.4 Å². The van der Waals surface area contributed by atoms with Crippen LogP contribution in [0, 0.1) is 0 Å². The first-order valence-electron chi connectivity index (χ1n) is 9.10. The van der Waals surface area contributed by atoms with Crippen molar-refractivity contribution in [3.63, 3.8) is 0 Å². The van der Waals surface area contributed by atoms with E-state index in [1.165, 1.54) is 0 Å². The molecule has 7 nitrogen and oxygen atoms in total. The molecule has 0 amide bonds. The van der Waals surface area contributed by atoms with E-state index in [9.17, 15) is 0 Å². The van der Waals surface area contributed by atoms with E-state index in [1.54, 1.807) is 12.4 Å². The van der Waals surface area contributed by atoms with Gasteiger partial charge in [-0.15, -0.1) is 0 Å². The fourth-order valence-corrected chi connectivity index (χ4v) is 3.72. The van der Waals surface area contributed by atoms with Crippen LogP contribution >= 0.6 is 0 Å². The largest absolute Gasteiger partial charge is 0.381 e. The second kappa shape index (κ2) is 7.59. The monoisotopic (exact) mass is 343 g/mol. The molecule has 1 atom stereocenters. The van der Waals surface area contributed by atoms with Gasteiger partial charge >= 0.3 is 0 Å². The Morgan fingerprint density at radius 2 is 2.20 bits per heavy atom. The van der Waals surface area contributed by atoms with E-state index < -0.39 is 0 Å². The number of hydrogen-bond acceptors (Lipinski definition) is 6. The van der Waals surface area contributed by atoms with Crippen molar-refractivity contribution in [3.05, 3.63) is 30.4 Å². The number of H-pyrrole nitrogens is 1. The first-order chi connectivity index (χ1) is 12.3. The van der Waals surface area contributed by atoms with E-state index in [-0.39, 0.29) is 5.60 Å². The number of aromatic amines is 1. The molecule has 2 aliphatic rings. The highest BCUT2D eigenvalue weighted by molar-refractivity contribution is 5.52. The summed E-state index contributed by atoms with van der Waals surface area (Å²) in [5.74, 6) is 1.61. The number of aromatic nitrogens is 4. The normalized spacial score (nSPS) is 23.0. The van der Waals surface area contributed by atoms with Crippen molar-refractivity contribution in [1.29, 1.82) is 0 Å².